The van der Waals surface area contributed by atoms with Crippen LogP contribution in [0.25, 0.3) is 39.1 Å². The highest BCUT2D eigenvalue weighted by molar-refractivity contribution is 6.06. The van der Waals surface area contributed by atoms with E-state index in [4.69, 9.17) is 0 Å². The zero-order chi connectivity index (χ0) is 18.4. The van der Waals surface area contributed by atoms with E-state index >= 15 is 0 Å². The summed E-state index contributed by atoms with van der Waals surface area (Å²) in [6.45, 7) is 0. The number of nitrogens with one attached hydrogen (secondary N) is 2. The van der Waals surface area contributed by atoms with E-state index in [0.717, 1.165) is 21.2 Å². The van der Waals surface area contributed by atoms with Crippen molar-refractivity contribution in [2.45, 2.75) is 0 Å². The quantitative estimate of drug-likeness (QED) is 0.470. The molecular weight excluding hydrogens is 344 g/mol. The zero-order valence-corrected chi connectivity index (χ0v) is 13.9. The van der Waals surface area contributed by atoms with Gasteiger partial charge >= 0.3 is 11.1 Å². The van der Waals surface area contributed by atoms with E-state index in [9.17, 15) is 9.59 Å². The highest BCUT2D eigenvalue weighted by Crippen LogP contribution is 2.36. The van der Waals surface area contributed by atoms with Gasteiger partial charge in [-0.2, -0.15) is 14.7 Å². The predicted molar refractivity (Wildman–Crippen MR) is 100 cm³/mol. The minimum atomic E-state index is -0.826. The molecule has 130 valence electrons. The van der Waals surface area contributed by atoms with Gasteiger partial charge in [-0.3, -0.25) is 14.7 Å². The van der Waals surface area contributed by atoms with Gasteiger partial charge in [-0.1, -0.05) is 60.7 Å². The van der Waals surface area contributed by atoms with Crippen molar-refractivity contribution in [1.29, 1.82) is 0 Å². The lowest BCUT2D eigenvalue weighted by atomic mass is 9.97. The molecule has 27 heavy (non-hydrogen) atoms. The topological polar surface area (TPSA) is 109 Å². The Kier molecular flexibility index (Phi) is 3.23. The summed E-state index contributed by atoms with van der Waals surface area (Å²) in [7, 11) is 0. The lowest BCUT2D eigenvalue weighted by molar-refractivity contribution is 0.830. The molecule has 0 radical (unpaired) electrons. The predicted octanol–water partition coefficient (Wildman–Crippen LogP) is 1.99. The van der Waals surface area contributed by atoms with Crippen LogP contribution in [0.15, 0.2) is 70.3 Å². The van der Waals surface area contributed by atoms with E-state index in [1.807, 2.05) is 60.7 Å². The molecule has 5 rings (SSSR count). The van der Waals surface area contributed by atoms with Crippen LogP contribution < -0.4 is 11.1 Å². The van der Waals surface area contributed by atoms with E-state index in [0.29, 0.717) is 16.7 Å². The summed E-state index contributed by atoms with van der Waals surface area (Å²) in [4.78, 5) is 23.8. The van der Waals surface area contributed by atoms with Crippen LogP contribution in [0.2, 0.25) is 0 Å². The number of benzene rings is 2. The molecule has 0 saturated carbocycles. The third kappa shape index (κ3) is 2.27. The van der Waals surface area contributed by atoms with E-state index in [1.54, 1.807) is 0 Å². The number of fused-ring (bicyclic) bond motifs is 3. The molecule has 0 fully saturated rings. The Morgan fingerprint density at radius 1 is 0.778 bits per heavy atom. The van der Waals surface area contributed by atoms with Crippen LogP contribution >= 0.6 is 0 Å². The zero-order valence-electron chi connectivity index (χ0n) is 13.9. The Morgan fingerprint density at radius 2 is 1.44 bits per heavy atom. The molecule has 0 aliphatic rings. The fourth-order valence-electron chi connectivity index (χ4n) is 3.18. The van der Waals surface area contributed by atoms with Crippen LogP contribution in [0.3, 0.4) is 0 Å². The summed E-state index contributed by atoms with van der Waals surface area (Å²) < 4.78 is 1.00. The number of hydrogen-bond donors (Lipinski definition) is 2. The monoisotopic (exact) mass is 356 g/mol. The molecule has 2 aromatic carbocycles. The van der Waals surface area contributed by atoms with Gasteiger partial charge in [0.25, 0.3) is 0 Å². The van der Waals surface area contributed by atoms with Crippen molar-refractivity contribution < 1.29 is 0 Å². The van der Waals surface area contributed by atoms with Crippen LogP contribution in [0.1, 0.15) is 0 Å². The molecule has 0 aliphatic heterocycles. The molecule has 0 aliphatic carbocycles. The summed E-state index contributed by atoms with van der Waals surface area (Å²) >= 11 is 0. The molecule has 2 N–H and O–H groups in total. The second kappa shape index (κ2) is 5.73. The molecule has 0 saturated heterocycles. The van der Waals surface area contributed by atoms with Gasteiger partial charge in [0.2, 0.25) is 0 Å². The first-order valence-electron chi connectivity index (χ1n) is 8.24. The van der Waals surface area contributed by atoms with Gasteiger partial charge in [-0.15, -0.1) is 5.10 Å². The third-order valence-electron chi connectivity index (χ3n) is 4.38. The second-order valence-electron chi connectivity index (χ2n) is 6.00. The fraction of sp³-hybridized carbons (Fsp3) is 0. The third-order valence-corrected chi connectivity index (χ3v) is 4.38. The second-order valence-corrected chi connectivity index (χ2v) is 6.00. The van der Waals surface area contributed by atoms with Crippen molar-refractivity contribution in [3.63, 3.8) is 0 Å². The average molecular weight is 356 g/mol. The highest BCUT2D eigenvalue weighted by atomic mass is 16.2. The van der Waals surface area contributed by atoms with Crippen molar-refractivity contribution in [2.24, 2.45) is 0 Å². The van der Waals surface area contributed by atoms with Crippen molar-refractivity contribution >= 4 is 16.7 Å². The van der Waals surface area contributed by atoms with Crippen LogP contribution in [-0.2, 0) is 0 Å². The Hall–Kier alpha value is -4.07. The standard InChI is InChI=1S/C19H12N6O2/c26-18-19(27)25-17(22-23-18)14-13(11-7-3-1-4-8-11)15(20-21-16(14)24-25)12-9-5-2-6-10-12/h1-10H,(H,21,24)(H,23,26). The van der Waals surface area contributed by atoms with Crippen LogP contribution in [-0.4, -0.2) is 30.0 Å². The maximum atomic E-state index is 12.2. The first-order chi connectivity index (χ1) is 13.2. The number of rotatable bonds is 2. The lowest BCUT2D eigenvalue weighted by Gasteiger charge is -2.10. The molecule has 5 aromatic rings. The minimum absolute atomic E-state index is 0.268. The van der Waals surface area contributed by atoms with Crippen LogP contribution in [0, 0.1) is 0 Å². The smallest absolute Gasteiger partial charge is 0.262 e. The lowest BCUT2D eigenvalue weighted by Crippen LogP contribution is -2.34. The first kappa shape index (κ1) is 15.2. The van der Waals surface area contributed by atoms with E-state index in [2.05, 4.69) is 25.5 Å². The van der Waals surface area contributed by atoms with Gasteiger partial charge in [0.1, 0.15) is 0 Å². The SMILES string of the molecule is O=c1[nH]nc2c3c(-c4ccccc4)c(-c4ccccc4)n[nH]c3nn2c1=O. The van der Waals surface area contributed by atoms with Crippen LogP contribution in [0.4, 0.5) is 0 Å². The Bertz CT molecular complexity index is 1400. The van der Waals surface area contributed by atoms with Gasteiger partial charge in [0.15, 0.2) is 11.3 Å². The molecule has 3 heterocycles. The van der Waals surface area contributed by atoms with E-state index in [-0.39, 0.29) is 5.65 Å². The van der Waals surface area contributed by atoms with Gasteiger partial charge in [0, 0.05) is 11.1 Å². The average Bonchev–Trinajstić information content (AvgIpc) is 3.11. The van der Waals surface area contributed by atoms with E-state index < -0.39 is 11.1 Å². The minimum Gasteiger partial charge on any atom is -0.262 e. The van der Waals surface area contributed by atoms with Gasteiger partial charge in [-0.05, 0) is 5.56 Å². The molecule has 0 spiro atoms. The highest BCUT2D eigenvalue weighted by Gasteiger charge is 2.20. The number of aromatic amines is 2. The first-order valence-corrected chi connectivity index (χ1v) is 8.24. The molecular formula is C19H12N6O2. The largest absolute Gasteiger partial charge is 0.340 e. The maximum absolute atomic E-state index is 12.2. The summed E-state index contributed by atoms with van der Waals surface area (Å²) in [5.74, 6) is 0. The number of hydrogen-bond acceptors (Lipinski definition) is 5. The summed E-state index contributed by atoms with van der Waals surface area (Å²) in [5, 5.41) is 18.5. The van der Waals surface area contributed by atoms with Crippen molar-refractivity contribution in [3.05, 3.63) is 81.4 Å². The summed E-state index contributed by atoms with van der Waals surface area (Å²) in [6, 6.07) is 19.4. The normalized spacial score (nSPS) is 11.3. The summed E-state index contributed by atoms with van der Waals surface area (Å²) in [5.41, 5.74) is 2.31. The molecule has 8 nitrogen and oxygen atoms in total. The maximum Gasteiger partial charge on any atom is 0.340 e. The molecule has 0 unspecified atom stereocenters. The number of H-pyrrole nitrogens is 2. The Morgan fingerprint density at radius 3 is 2.15 bits per heavy atom. The summed E-state index contributed by atoms with van der Waals surface area (Å²) in [6.07, 6.45) is 0. The van der Waals surface area contributed by atoms with Crippen LogP contribution in [0.5, 0.6) is 0 Å². The Balaban J connectivity index is 2.00. The van der Waals surface area contributed by atoms with Gasteiger partial charge < -0.3 is 0 Å². The van der Waals surface area contributed by atoms with Crippen molar-refractivity contribution in [2.75, 3.05) is 0 Å². The fourth-order valence-corrected chi connectivity index (χ4v) is 3.18. The molecule has 0 amide bonds. The van der Waals surface area contributed by atoms with Gasteiger partial charge in [-0.25, -0.2) is 5.10 Å². The van der Waals surface area contributed by atoms with Gasteiger partial charge in [0.05, 0.1) is 11.1 Å². The Labute approximate surface area is 151 Å². The molecule has 8 heteroatoms. The van der Waals surface area contributed by atoms with Crippen molar-refractivity contribution in [3.8, 4) is 22.4 Å². The molecule has 3 aromatic heterocycles. The molecule has 0 bridgehead atoms. The number of aromatic nitrogens is 6. The van der Waals surface area contributed by atoms with E-state index in [1.165, 1.54) is 0 Å². The molecule has 0 atom stereocenters. The van der Waals surface area contributed by atoms with Crippen molar-refractivity contribution in [1.82, 2.24) is 30.0 Å². The number of nitrogens with zero attached hydrogens (tertiary/aromatic N) is 4.